The first-order chi connectivity index (χ1) is 18.6. The van der Waals surface area contributed by atoms with Crippen LogP contribution in [0.4, 0.5) is 0 Å². The van der Waals surface area contributed by atoms with Crippen LogP contribution in [0.3, 0.4) is 0 Å². The molecule has 0 aliphatic heterocycles. The van der Waals surface area contributed by atoms with Gasteiger partial charge in [0, 0.05) is 0 Å². The van der Waals surface area contributed by atoms with E-state index in [2.05, 4.69) is 68.3 Å². The Balaban J connectivity index is 1.97. The summed E-state index contributed by atoms with van der Waals surface area (Å²) in [5.41, 5.74) is 1.16. The number of rotatable bonds is 17. The fourth-order valence-corrected chi connectivity index (χ4v) is 23.0. The average molecular weight is 636 g/mol. The van der Waals surface area contributed by atoms with E-state index in [0.717, 1.165) is 16.2 Å². The Morgan fingerprint density at radius 3 is 1.53 bits per heavy atom. The van der Waals surface area contributed by atoms with Crippen LogP contribution in [-0.4, -0.2) is 18.4 Å². The standard InChI is InChI=1S/C22H21NOP.3C4H9.Sn/c1-2-12-22(19-13-6-3-7-14-19)23-25(24,20-15-8-4-9-16-20)21-17-10-5-11-18-21;3*1-3-4-2;/h2-18,22H,1H2,(H,23,24);3*1,3-4H2,2H3;/b12-2+;;;;. The van der Waals surface area contributed by atoms with Gasteiger partial charge in [-0.1, -0.05) is 0 Å². The Morgan fingerprint density at radius 1 is 0.684 bits per heavy atom. The Kier molecular flexibility index (Phi) is 13.4. The molecule has 0 saturated heterocycles. The molecule has 0 saturated carbocycles. The Labute approximate surface area is 236 Å². The third-order valence-corrected chi connectivity index (χ3v) is 25.7. The molecule has 0 fully saturated rings. The van der Waals surface area contributed by atoms with Crippen molar-refractivity contribution in [3.63, 3.8) is 0 Å². The molecule has 1 unspecified atom stereocenters. The van der Waals surface area contributed by atoms with Crippen LogP contribution in [0.5, 0.6) is 0 Å². The number of allylic oxidation sites excluding steroid dienone is 1. The summed E-state index contributed by atoms with van der Waals surface area (Å²) in [5.74, 6) is 0. The van der Waals surface area contributed by atoms with E-state index >= 15 is 0 Å². The van der Waals surface area contributed by atoms with Gasteiger partial charge in [0.05, 0.1) is 0 Å². The molecule has 1 N–H and O–H groups in total. The second-order valence-corrected chi connectivity index (χ2v) is 27.3. The van der Waals surface area contributed by atoms with Gasteiger partial charge in [-0.05, 0) is 0 Å². The summed E-state index contributed by atoms with van der Waals surface area (Å²) in [7, 11) is -3.06. The van der Waals surface area contributed by atoms with Crippen molar-refractivity contribution < 1.29 is 4.57 Å². The summed E-state index contributed by atoms with van der Waals surface area (Å²) in [6, 6.07) is 30.3. The van der Waals surface area contributed by atoms with E-state index in [0.29, 0.717) is 0 Å². The third kappa shape index (κ3) is 8.97. The van der Waals surface area contributed by atoms with Gasteiger partial charge in [-0.3, -0.25) is 0 Å². The van der Waals surface area contributed by atoms with E-state index in [4.69, 9.17) is 0 Å². The van der Waals surface area contributed by atoms with Crippen LogP contribution >= 0.6 is 7.29 Å². The van der Waals surface area contributed by atoms with Gasteiger partial charge in [0.1, 0.15) is 0 Å². The van der Waals surface area contributed by atoms with Crippen molar-refractivity contribution in [1.29, 1.82) is 0 Å². The van der Waals surface area contributed by atoms with Gasteiger partial charge in [-0.15, -0.1) is 0 Å². The average Bonchev–Trinajstić information content (AvgIpc) is 2.98. The molecule has 2 nitrogen and oxygen atoms in total. The second kappa shape index (κ2) is 16.5. The molecular weight excluding hydrogens is 588 g/mol. The predicted molar refractivity (Wildman–Crippen MR) is 171 cm³/mol. The molecule has 204 valence electrons. The van der Waals surface area contributed by atoms with Gasteiger partial charge >= 0.3 is 238 Å². The second-order valence-electron chi connectivity index (χ2n) is 10.7. The fourth-order valence-electron chi connectivity index (χ4n) is 5.45. The van der Waals surface area contributed by atoms with Gasteiger partial charge in [0.25, 0.3) is 0 Å². The zero-order valence-corrected chi connectivity index (χ0v) is 27.6. The molecule has 0 aliphatic carbocycles. The Hall–Kier alpha value is -1.61. The van der Waals surface area contributed by atoms with Gasteiger partial charge in [-0.25, -0.2) is 0 Å². The number of hydrogen-bond acceptors (Lipinski definition) is 1. The quantitative estimate of drug-likeness (QED) is 0.0909. The van der Waals surface area contributed by atoms with Crippen LogP contribution in [0.1, 0.15) is 70.9 Å². The first-order valence-electron chi connectivity index (χ1n) is 14.8. The van der Waals surface area contributed by atoms with E-state index < -0.39 is 25.7 Å². The summed E-state index contributed by atoms with van der Waals surface area (Å²) in [4.78, 5) is 0. The molecule has 38 heavy (non-hydrogen) atoms. The number of unbranched alkanes of at least 4 members (excludes halogenated alkanes) is 3. The van der Waals surface area contributed by atoms with E-state index in [1.54, 1.807) is 0 Å². The maximum atomic E-state index is 14.9. The van der Waals surface area contributed by atoms with Crippen molar-refractivity contribution in [3.8, 4) is 0 Å². The molecule has 0 spiro atoms. The fraction of sp³-hybridized carbons (Fsp3) is 0.412. The van der Waals surface area contributed by atoms with Gasteiger partial charge in [0.15, 0.2) is 0 Å². The van der Waals surface area contributed by atoms with Crippen LogP contribution in [0, 0.1) is 0 Å². The zero-order valence-electron chi connectivity index (χ0n) is 23.8. The molecule has 3 aromatic carbocycles. The van der Waals surface area contributed by atoms with E-state index in [1.165, 1.54) is 56.3 Å². The summed E-state index contributed by atoms with van der Waals surface area (Å²) in [6.45, 7) is 7.02. The zero-order chi connectivity index (χ0) is 27.1. The summed E-state index contributed by atoms with van der Waals surface area (Å²) < 4.78 is 20.7. The maximum absolute atomic E-state index is 14.9. The van der Waals surface area contributed by atoms with Crippen LogP contribution < -0.4 is 15.7 Å². The molecule has 0 heterocycles. The minimum atomic E-state index is -3.06. The molecule has 3 rings (SSSR count). The van der Waals surface area contributed by atoms with Crippen molar-refractivity contribution in [1.82, 2.24) is 5.09 Å². The molecule has 4 heteroatoms. The topological polar surface area (TPSA) is 29.1 Å². The summed E-state index contributed by atoms with van der Waals surface area (Å²) in [5, 5.41) is 5.39. The van der Waals surface area contributed by atoms with Crippen molar-refractivity contribution >= 4 is 36.3 Å². The molecule has 0 radical (unpaired) electrons. The molecule has 1 atom stereocenters. The Bertz CT molecular complexity index is 1050. The van der Waals surface area contributed by atoms with E-state index in [9.17, 15) is 4.57 Å². The molecule has 0 aromatic heterocycles. The van der Waals surface area contributed by atoms with Crippen LogP contribution in [0.25, 0.3) is 0 Å². The summed E-state index contributed by atoms with van der Waals surface area (Å²) in [6.07, 6.45) is 12.9. The monoisotopic (exact) mass is 637 g/mol. The number of nitrogens with one attached hydrogen (secondary N) is 1. The van der Waals surface area contributed by atoms with Gasteiger partial charge in [0.2, 0.25) is 0 Å². The molecular formula is C34H48NOPSn. The third-order valence-electron chi connectivity index (χ3n) is 7.78. The number of benzene rings is 3. The normalized spacial score (nSPS) is 13.1. The van der Waals surface area contributed by atoms with Crippen LogP contribution in [-0.2, 0) is 4.57 Å². The predicted octanol–water partition coefficient (Wildman–Crippen LogP) is 9.65. The SMILES string of the molecule is CCC[CH2][Sn]([CH2]/C=C/C(NP(=O)(c1ccccc1)c1ccccc1)c1ccccc1)([CH2]CCC)[CH2]CCC. The summed E-state index contributed by atoms with van der Waals surface area (Å²) >= 11 is -2.30. The van der Waals surface area contributed by atoms with E-state index in [1.807, 2.05) is 60.7 Å². The van der Waals surface area contributed by atoms with Crippen molar-refractivity contribution in [2.24, 2.45) is 0 Å². The first kappa shape index (κ1) is 30.9. The minimum absolute atomic E-state index is 0.116. The molecule has 0 bridgehead atoms. The van der Waals surface area contributed by atoms with Gasteiger partial charge in [-0.2, -0.15) is 0 Å². The number of hydrogen-bond donors (Lipinski definition) is 1. The first-order valence-corrected chi connectivity index (χ1v) is 24.6. The molecule has 3 aromatic rings. The van der Waals surface area contributed by atoms with Crippen molar-refractivity contribution in [2.45, 2.75) is 83.1 Å². The van der Waals surface area contributed by atoms with Crippen LogP contribution in [0.2, 0.25) is 17.7 Å². The van der Waals surface area contributed by atoms with Crippen molar-refractivity contribution in [2.75, 3.05) is 0 Å². The molecule has 0 amide bonds. The van der Waals surface area contributed by atoms with E-state index in [-0.39, 0.29) is 6.04 Å². The van der Waals surface area contributed by atoms with Crippen molar-refractivity contribution in [3.05, 3.63) is 109 Å². The van der Waals surface area contributed by atoms with Crippen LogP contribution in [0.15, 0.2) is 103 Å². The molecule has 0 aliphatic rings. The Morgan fingerprint density at radius 2 is 1.11 bits per heavy atom. The van der Waals surface area contributed by atoms with Gasteiger partial charge < -0.3 is 0 Å².